The van der Waals surface area contributed by atoms with Crippen molar-refractivity contribution in [3.05, 3.63) is 35.1 Å². The number of amides is 1. The summed E-state index contributed by atoms with van der Waals surface area (Å²) in [5.74, 6) is -0.462. The Bertz CT molecular complexity index is 697. The maximum Gasteiger partial charge on any atom is 0.407 e. The summed E-state index contributed by atoms with van der Waals surface area (Å²) in [4.78, 5) is 11.7. The van der Waals surface area contributed by atoms with Crippen LogP contribution in [0.1, 0.15) is 45.2 Å². The number of hydrogen-bond acceptors (Lipinski definition) is 5. The third kappa shape index (κ3) is 9.40. The number of benzene rings is 1. The Hall–Kier alpha value is -1.67. The summed E-state index contributed by atoms with van der Waals surface area (Å²) in [6, 6.07) is 4.00. The van der Waals surface area contributed by atoms with Crippen LogP contribution in [-0.4, -0.2) is 32.4 Å². The van der Waals surface area contributed by atoms with E-state index < -0.39 is 27.6 Å². The van der Waals surface area contributed by atoms with Crippen molar-refractivity contribution >= 4 is 16.2 Å². The molecule has 0 spiro atoms. The second kappa shape index (κ2) is 8.62. The van der Waals surface area contributed by atoms with Crippen LogP contribution in [0.25, 0.3) is 0 Å². The van der Waals surface area contributed by atoms with Crippen LogP contribution < -0.4 is 5.32 Å². The van der Waals surface area contributed by atoms with Gasteiger partial charge in [-0.05, 0) is 63.8 Å². The Kier molecular flexibility index (Phi) is 7.37. The predicted molar refractivity (Wildman–Crippen MR) is 93.2 cm³/mol. The zero-order chi connectivity index (χ0) is 19.3. The first-order valence-electron chi connectivity index (χ1n) is 7.97. The second-order valence-electron chi connectivity index (χ2n) is 6.97. The average molecular weight is 375 g/mol. The van der Waals surface area contributed by atoms with Gasteiger partial charge in [-0.25, -0.2) is 9.18 Å². The lowest BCUT2D eigenvalue weighted by Gasteiger charge is -2.22. The minimum absolute atomic E-state index is 0.163. The number of rotatable bonds is 7. The van der Waals surface area contributed by atoms with Crippen LogP contribution in [0.2, 0.25) is 0 Å². The van der Waals surface area contributed by atoms with Crippen LogP contribution in [0.15, 0.2) is 18.2 Å². The van der Waals surface area contributed by atoms with Crippen LogP contribution in [0, 0.1) is 5.82 Å². The number of carbonyl (C=O) groups is 1. The molecule has 0 heterocycles. The van der Waals surface area contributed by atoms with Crippen molar-refractivity contribution < 1.29 is 26.5 Å². The third-order valence-corrected chi connectivity index (χ3v) is 3.75. The molecule has 1 aromatic carbocycles. The number of aryl methyl sites for hydroxylation is 1. The van der Waals surface area contributed by atoms with Gasteiger partial charge in [0.25, 0.3) is 10.1 Å². The molecule has 6 nitrogen and oxygen atoms in total. The third-order valence-electron chi connectivity index (χ3n) is 3.21. The smallest absolute Gasteiger partial charge is 0.407 e. The number of nitrogens with one attached hydrogen (secondary N) is 1. The minimum atomic E-state index is -3.61. The van der Waals surface area contributed by atoms with Crippen molar-refractivity contribution in [2.75, 3.05) is 6.26 Å². The van der Waals surface area contributed by atoms with Crippen molar-refractivity contribution in [3.8, 4) is 0 Å². The molecule has 0 aliphatic rings. The van der Waals surface area contributed by atoms with E-state index in [0.717, 1.165) is 11.8 Å². The van der Waals surface area contributed by atoms with E-state index in [2.05, 4.69) is 5.32 Å². The zero-order valence-electron chi connectivity index (χ0n) is 15.3. The summed E-state index contributed by atoms with van der Waals surface area (Å²) in [5, 5.41) is 2.73. The molecule has 0 saturated heterocycles. The minimum Gasteiger partial charge on any atom is -0.444 e. The molecule has 0 fully saturated rings. The fourth-order valence-corrected chi connectivity index (χ4v) is 2.44. The topological polar surface area (TPSA) is 81.7 Å². The predicted octanol–water partition coefficient (Wildman–Crippen LogP) is 3.15. The molecule has 0 aliphatic heterocycles. The molecule has 0 bridgehead atoms. The van der Waals surface area contributed by atoms with Crippen molar-refractivity contribution in [2.45, 2.75) is 58.8 Å². The highest BCUT2D eigenvalue weighted by molar-refractivity contribution is 7.85. The molecule has 1 atom stereocenters. The lowest BCUT2D eigenvalue weighted by atomic mass is 10.0. The summed E-state index contributed by atoms with van der Waals surface area (Å²) >= 11 is 0. The summed E-state index contributed by atoms with van der Waals surface area (Å²) in [5.41, 5.74) is 0.662. The molecular formula is C17H26FNO5S. The number of hydrogen-bond donors (Lipinski definition) is 1. The number of alkyl carbamates (subject to hydrolysis) is 1. The highest BCUT2D eigenvalue weighted by Crippen LogP contribution is 2.16. The quantitative estimate of drug-likeness (QED) is 0.741. The van der Waals surface area contributed by atoms with Gasteiger partial charge in [0.2, 0.25) is 0 Å². The molecule has 8 heteroatoms. The Balaban J connectivity index is 2.65. The molecule has 0 saturated carbocycles. The van der Waals surface area contributed by atoms with Gasteiger partial charge in [-0.3, -0.25) is 4.18 Å². The van der Waals surface area contributed by atoms with E-state index in [1.807, 2.05) is 6.92 Å². The van der Waals surface area contributed by atoms with Gasteiger partial charge in [0, 0.05) is 6.04 Å². The van der Waals surface area contributed by atoms with Crippen LogP contribution in [-0.2, 0) is 32.1 Å². The van der Waals surface area contributed by atoms with E-state index in [-0.39, 0.29) is 12.6 Å². The first-order valence-corrected chi connectivity index (χ1v) is 9.78. The Labute approximate surface area is 148 Å². The number of carbonyl (C=O) groups excluding carboxylic acids is 1. The zero-order valence-corrected chi connectivity index (χ0v) is 16.1. The van der Waals surface area contributed by atoms with Gasteiger partial charge >= 0.3 is 6.09 Å². The largest absolute Gasteiger partial charge is 0.444 e. The summed E-state index contributed by atoms with van der Waals surface area (Å²) < 4.78 is 45.6. The first-order chi connectivity index (χ1) is 11.4. The molecule has 0 aromatic heterocycles. The average Bonchev–Trinajstić information content (AvgIpc) is 2.41. The number of ether oxygens (including phenoxy) is 1. The molecule has 25 heavy (non-hydrogen) atoms. The van der Waals surface area contributed by atoms with E-state index in [1.165, 1.54) is 12.1 Å². The van der Waals surface area contributed by atoms with Crippen LogP contribution in [0.4, 0.5) is 9.18 Å². The summed E-state index contributed by atoms with van der Waals surface area (Å²) in [6.45, 7) is 6.96. The fraction of sp³-hybridized carbons (Fsp3) is 0.588. The number of halogens is 1. The molecule has 0 aliphatic carbocycles. The van der Waals surface area contributed by atoms with Gasteiger partial charge < -0.3 is 10.1 Å². The lowest BCUT2D eigenvalue weighted by Crippen LogP contribution is -2.37. The van der Waals surface area contributed by atoms with Gasteiger partial charge in [-0.2, -0.15) is 8.42 Å². The molecule has 1 amide bonds. The van der Waals surface area contributed by atoms with E-state index in [9.17, 15) is 17.6 Å². The summed E-state index contributed by atoms with van der Waals surface area (Å²) in [7, 11) is -3.61. The lowest BCUT2D eigenvalue weighted by molar-refractivity contribution is 0.0506. The van der Waals surface area contributed by atoms with Gasteiger partial charge in [0.1, 0.15) is 11.4 Å². The molecular weight excluding hydrogens is 349 g/mol. The maximum absolute atomic E-state index is 13.4. The van der Waals surface area contributed by atoms with Crippen molar-refractivity contribution in [1.29, 1.82) is 0 Å². The molecule has 1 N–H and O–H groups in total. The van der Waals surface area contributed by atoms with Crippen molar-refractivity contribution in [2.24, 2.45) is 0 Å². The Morgan fingerprint density at radius 2 is 1.92 bits per heavy atom. The van der Waals surface area contributed by atoms with E-state index in [1.54, 1.807) is 26.8 Å². The van der Waals surface area contributed by atoms with E-state index in [0.29, 0.717) is 18.4 Å². The van der Waals surface area contributed by atoms with Crippen LogP contribution >= 0.6 is 0 Å². The molecule has 0 unspecified atom stereocenters. The SMILES string of the molecule is C[C@H](CCc1ccc(F)cc1COS(C)(=O)=O)NC(=O)OC(C)(C)C. The standard InChI is InChI=1S/C17H26FNO5S/c1-12(19-16(20)24-17(2,3)4)6-7-13-8-9-15(18)10-14(13)11-23-25(5,21)22/h8-10,12H,6-7,11H2,1-5H3,(H,19,20)/t12-/m1/s1. The van der Waals surface area contributed by atoms with Crippen LogP contribution in [0.3, 0.4) is 0 Å². The van der Waals surface area contributed by atoms with Gasteiger partial charge in [0.15, 0.2) is 0 Å². The molecule has 1 rings (SSSR count). The summed E-state index contributed by atoms with van der Waals surface area (Å²) in [6.07, 6.45) is 1.55. The normalized spacial score (nSPS) is 13.4. The van der Waals surface area contributed by atoms with E-state index >= 15 is 0 Å². The van der Waals surface area contributed by atoms with Crippen molar-refractivity contribution in [3.63, 3.8) is 0 Å². The monoisotopic (exact) mass is 375 g/mol. The van der Waals surface area contributed by atoms with Gasteiger partial charge in [-0.1, -0.05) is 6.07 Å². The highest BCUT2D eigenvalue weighted by Gasteiger charge is 2.18. The Morgan fingerprint density at radius 3 is 2.48 bits per heavy atom. The Morgan fingerprint density at radius 1 is 1.28 bits per heavy atom. The van der Waals surface area contributed by atoms with Gasteiger partial charge in [-0.15, -0.1) is 0 Å². The molecule has 1 aromatic rings. The van der Waals surface area contributed by atoms with Gasteiger partial charge in [0.05, 0.1) is 12.9 Å². The highest BCUT2D eigenvalue weighted by atomic mass is 32.2. The van der Waals surface area contributed by atoms with Crippen LogP contribution in [0.5, 0.6) is 0 Å². The fourth-order valence-electron chi connectivity index (χ4n) is 2.10. The molecule has 0 radical (unpaired) electrons. The first kappa shape index (κ1) is 21.4. The second-order valence-corrected chi connectivity index (χ2v) is 8.61. The maximum atomic E-state index is 13.4. The van der Waals surface area contributed by atoms with E-state index in [4.69, 9.17) is 8.92 Å². The molecule has 142 valence electrons. The van der Waals surface area contributed by atoms with Crippen molar-refractivity contribution in [1.82, 2.24) is 5.32 Å².